The lowest BCUT2D eigenvalue weighted by Gasteiger charge is -2.16. The number of nitrogens with one attached hydrogen (secondary N) is 1. The van der Waals surface area contributed by atoms with Crippen LogP contribution in [0.2, 0.25) is 0 Å². The van der Waals surface area contributed by atoms with Crippen molar-refractivity contribution in [2.24, 2.45) is 0 Å². The van der Waals surface area contributed by atoms with E-state index in [0.717, 1.165) is 31.4 Å². The monoisotopic (exact) mass is 292 g/mol. The van der Waals surface area contributed by atoms with Gasteiger partial charge in [0.25, 0.3) is 0 Å². The number of hydrogen-bond acceptors (Lipinski definition) is 2. The Bertz CT molecular complexity index is 377. The summed E-state index contributed by atoms with van der Waals surface area (Å²) in [6, 6.07) is 2.22. The second kappa shape index (κ2) is 8.32. The van der Waals surface area contributed by atoms with Crippen LogP contribution in [0.1, 0.15) is 44.7 Å². The van der Waals surface area contributed by atoms with Gasteiger partial charge in [-0.25, -0.2) is 0 Å². The van der Waals surface area contributed by atoms with Crippen molar-refractivity contribution in [3.63, 3.8) is 0 Å². The van der Waals surface area contributed by atoms with Crippen LogP contribution in [0.4, 0.5) is 13.2 Å². The third-order valence-corrected chi connectivity index (χ3v) is 3.01. The molecule has 0 aliphatic rings. The van der Waals surface area contributed by atoms with Crippen molar-refractivity contribution < 1.29 is 17.9 Å². The van der Waals surface area contributed by atoms with Gasteiger partial charge in [-0.2, -0.15) is 0 Å². The molecule has 20 heavy (non-hydrogen) atoms. The number of ether oxygens (including phenoxy) is 1. The van der Waals surface area contributed by atoms with E-state index in [1.54, 1.807) is 10.8 Å². The van der Waals surface area contributed by atoms with Gasteiger partial charge in [-0.3, -0.25) is 4.74 Å². The van der Waals surface area contributed by atoms with E-state index in [0.29, 0.717) is 0 Å². The van der Waals surface area contributed by atoms with Gasteiger partial charge in [0.1, 0.15) is 0 Å². The van der Waals surface area contributed by atoms with E-state index in [4.69, 9.17) is 0 Å². The molecule has 0 saturated carbocycles. The lowest BCUT2D eigenvalue weighted by Crippen LogP contribution is -2.21. The molecule has 0 aromatic carbocycles. The van der Waals surface area contributed by atoms with Crippen molar-refractivity contribution in [3.05, 3.63) is 24.0 Å². The van der Waals surface area contributed by atoms with Crippen molar-refractivity contribution in [3.8, 4) is 0 Å². The van der Waals surface area contributed by atoms with Crippen LogP contribution in [0.25, 0.3) is 0 Å². The second-order valence-corrected chi connectivity index (χ2v) is 4.77. The van der Waals surface area contributed by atoms with E-state index in [9.17, 15) is 13.2 Å². The van der Waals surface area contributed by atoms with Gasteiger partial charge in [0.15, 0.2) is 0 Å². The van der Waals surface area contributed by atoms with E-state index in [-0.39, 0.29) is 19.2 Å². The molecule has 1 atom stereocenters. The molecular weight excluding hydrogens is 269 g/mol. The Kier molecular flexibility index (Phi) is 7.09. The Morgan fingerprint density at radius 1 is 1.30 bits per heavy atom. The van der Waals surface area contributed by atoms with Crippen molar-refractivity contribution in [2.45, 2.75) is 52.1 Å². The normalized spacial score (nSPS) is 13.7. The van der Waals surface area contributed by atoms with Gasteiger partial charge in [0.2, 0.25) is 0 Å². The van der Waals surface area contributed by atoms with Gasteiger partial charge in [-0.1, -0.05) is 20.3 Å². The van der Waals surface area contributed by atoms with E-state index >= 15 is 0 Å². The number of nitrogens with zero attached hydrogens (tertiary/aromatic N) is 1. The Hall–Kier alpha value is -1.01. The van der Waals surface area contributed by atoms with E-state index < -0.39 is 6.36 Å². The van der Waals surface area contributed by atoms with Gasteiger partial charge in [-0.15, -0.1) is 13.2 Å². The first kappa shape index (κ1) is 17.0. The minimum Gasteiger partial charge on any atom is -0.352 e. The molecule has 6 heteroatoms. The van der Waals surface area contributed by atoms with Crippen molar-refractivity contribution in [1.29, 1.82) is 0 Å². The summed E-state index contributed by atoms with van der Waals surface area (Å²) in [6.07, 6.45) is 2.27. The molecule has 1 aromatic rings. The molecule has 1 unspecified atom stereocenters. The van der Waals surface area contributed by atoms with Crippen LogP contribution in [0.15, 0.2) is 18.5 Å². The minimum absolute atomic E-state index is 0.201. The molecule has 1 aromatic heterocycles. The third kappa shape index (κ3) is 6.43. The zero-order valence-electron chi connectivity index (χ0n) is 12.0. The Balaban J connectivity index is 2.50. The second-order valence-electron chi connectivity index (χ2n) is 4.77. The SMILES string of the molecule is CCCNC(CCC)c1ccn(CCOC(F)(F)F)c1. The maximum absolute atomic E-state index is 11.9. The molecule has 0 bridgehead atoms. The highest BCUT2D eigenvalue weighted by atomic mass is 19.4. The van der Waals surface area contributed by atoms with Crippen molar-refractivity contribution in [2.75, 3.05) is 13.2 Å². The number of hydrogen-bond donors (Lipinski definition) is 1. The third-order valence-electron chi connectivity index (χ3n) is 3.01. The molecule has 0 saturated heterocycles. The van der Waals surface area contributed by atoms with Gasteiger partial charge >= 0.3 is 6.36 Å². The Morgan fingerprint density at radius 2 is 2.05 bits per heavy atom. The molecule has 1 N–H and O–H groups in total. The van der Waals surface area contributed by atoms with E-state index in [2.05, 4.69) is 23.9 Å². The molecule has 0 spiro atoms. The highest BCUT2D eigenvalue weighted by molar-refractivity contribution is 5.15. The van der Waals surface area contributed by atoms with Crippen molar-refractivity contribution >= 4 is 0 Å². The van der Waals surface area contributed by atoms with Crippen LogP contribution >= 0.6 is 0 Å². The molecule has 0 amide bonds. The van der Waals surface area contributed by atoms with E-state index in [1.165, 1.54) is 0 Å². The molecule has 0 aliphatic heterocycles. The van der Waals surface area contributed by atoms with Gasteiger partial charge in [0.05, 0.1) is 6.61 Å². The highest BCUT2D eigenvalue weighted by Gasteiger charge is 2.28. The number of alkyl halides is 3. The molecular formula is C14H23F3N2O. The predicted octanol–water partition coefficient (Wildman–Crippen LogP) is 3.87. The fraction of sp³-hybridized carbons (Fsp3) is 0.714. The largest absolute Gasteiger partial charge is 0.522 e. The smallest absolute Gasteiger partial charge is 0.352 e. The highest BCUT2D eigenvalue weighted by Crippen LogP contribution is 2.20. The maximum atomic E-state index is 11.9. The Morgan fingerprint density at radius 3 is 2.65 bits per heavy atom. The average Bonchev–Trinajstić information content (AvgIpc) is 2.81. The molecule has 1 heterocycles. The molecule has 0 fully saturated rings. The summed E-state index contributed by atoms with van der Waals surface area (Å²) in [7, 11) is 0. The first-order valence-electron chi connectivity index (χ1n) is 7.06. The number of halogens is 3. The lowest BCUT2D eigenvalue weighted by molar-refractivity contribution is -0.325. The zero-order valence-corrected chi connectivity index (χ0v) is 12.0. The average molecular weight is 292 g/mol. The van der Waals surface area contributed by atoms with Crippen LogP contribution in [0.5, 0.6) is 0 Å². The van der Waals surface area contributed by atoms with Crippen LogP contribution in [0.3, 0.4) is 0 Å². The van der Waals surface area contributed by atoms with Crippen LogP contribution < -0.4 is 5.32 Å². The van der Waals surface area contributed by atoms with E-state index in [1.807, 2.05) is 12.3 Å². The molecule has 0 radical (unpaired) electrons. The fourth-order valence-electron chi connectivity index (χ4n) is 2.07. The van der Waals surface area contributed by atoms with Crippen molar-refractivity contribution in [1.82, 2.24) is 9.88 Å². The van der Waals surface area contributed by atoms with Crippen LogP contribution in [-0.4, -0.2) is 24.1 Å². The quantitative estimate of drug-likeness (QED) is 0.748. The summed E-state index contributed by atoms with van der Waals surface area (Å²) in [5, 5.41) is 3.46. The molecule has 3 nitrogen and oxygen atoms in total. The summed E-state index contributed by atoms with van der Waals surface area (Å²) in [6.45, 7) is 5.00. The Labute approximate surface area is 118 Å². The lowest BCUT2D eigenvalue weighted by atomic mass is 10.1. The van der Waals surface area contributed by atoms with Gasteiger partial charge in [0, 0.05) is 25.0 Å². The number of rotatable bonds is 9. The van der Waals surface area contributed by atoms with Gasteiger partial charge < -0.3 is 9.88 Å². The summed E-state index contributed by atoms with van der Waals surface area (Å²) < 4.78 is 41.2. The molecule has 0 aliphatic carbocycles. The summed E-state index contributed by atoms with van der Waals surface area (Å²) >= 11 is 0. The predicted molar refractivity (Wildman–Crippen MR) is 72.4 cm³/mol. The first-order valence-corrected chi connectivity index (χ1v) is 7.06. The van der Waals surface area contributed by atoms with Gasteiger partial charge in [-0.05, 0) is 31.0 Å². The molecule has 1 rings (SSSR count). The maximum Gasteiger partial charge on any atom is 0.522 e. The summed E-state index contributed by atoms with van der Waals surface area (Å²) in [4.78, 5) is 0. The standard InChI is InChI=1S/C14H23F3N2O/c1-3-5-13(18-7-4-2)12-6-8-19(11-12)9-10-20-14(15,16)17/h6,8,11,13,18H,3-5,7,9-10H2,1-2H3. The van der Waals surface area contributed by atoms with Crippen LogP contribution in [-0.2, 0) is 11.3 Å². The summed E-state index contributed by atoms with van der Waals surface area (Å²) in [5.41, 5.74) is 1.12. The number of aromatic nitrogens is 1. The molecule has 116 valence electrons. The van der Waals surface area contributed by atoms with Crippen LogP contribution in [0, 0.1) is 0 Å². The first-order chi connectivity index (χ1) is 9.46. The fourth-order valence-corrected chi connectivity index (χ4v) is 2.07. The topological polar surface area (TPSA) is 26.2 Å². The summed E-state index contributed by atoms with van der Waals surface area (Å²) in [5.74, 6) is 0. The minimum atomic E-state index is -4.55. The zero-order chi connectivity index (χ0) is 15.0.